The molecule has 0 bridgehead atoms. The van der Waals surface area contributed by atoms with Crippen LogP contribution in [0.15, 0.2) is 24.3 Å². The molecule has 29 heavy (non-hydrogen) atoms. The number of rotatable bonds is 3. The van der Waals surface area contributed by atoms with Gasteiger partial charge < -0.3 is 4.74 Å². The Morgan fingerprint density at radius 2 is 1.21 bits per heavy atom. The third-order valence-corrected chi connectivity index (χ3v) is 8.81. The van der Waals surface area contributed by atoms with Crippen LogP contribution in [0.2, 0.25) is 0 Å². The first-order valence-corrected chi connectivity index (χ1v) is 11.4. The zero-order valence-electron chi connectivity index (χ0n) is 20.6. The molecule has 3 rings (SSSR count). The lowest BCUT2D eigenvalue weighted by Gasteiger charge is -2.55. The van der Waals surface area contributed by atoms with Gasteiger partial charge in [-0.25, -0.2) is 0 Å². The van der Waals surface area contributed by atoms with Crippen LogP contribution >= 0.6 is 0 Å². The molecule has 3 heteroatoms. The Bertz CT molecular complexity index is 717. The molecule has 0 amide bonds. The van der Waals surface area contributed by atoms with Crippen molar-refractivity contribution in [3.8, 4) is 5.75 Å². The highest BCUT2D eigenvalue weighted by Gasteiger charge is 2.47. The summed E-state index contributed by atoms with van der Waals surface area (Å²) >= 11 is 0. The molecule has 2 saturated heterocycles. The number of ether oxygens (including phenoxy) is 1. The fourth-order valence-corrected chi connectivity index (χ4v) is 5.75. The van der Waals surface area contributed by atoms with E-state index in [2.05, 4.69) is 104 Å². The van der Waals surface area contributed by atoms with E-state index in [1.165, 1.54) is 18.4 Å². The normalized spacial score (nSPS) is 31.4. The van der Waals surface area contributed by atoms with Gasteiger partial charge in [-0.05, 0) is 113 Å². The molecule has 0 saturated carbocycles. The minimum absolute atomic E-state index is 0.0140. The molecule has 2 fully saturated rings. The molecule has 0 spiro atoms. The SMILES string of the molecule is CN1C(C)(C)CCC(Oc2ccc(C3CCC(C)(C)N(C)C3(C)C)cc2)C1(C)C. The van der Waals surface area contributed by atoms with E-state index in [1.807, 2.05) is 0 Å². The molecule has 2 heterocycles. The van der Waals surface area contributed by atoms with Gasteiger partial charge in [0.25, 0.3) is 0 Å². The van der Waals surface area contributed by atoms with Gasteiger partial charge in [-0.1, -0.05) is 12.1 Å². The van der Waals surface area contributed by atoms with Crippen LogP contribution < -0.4 is 4.74 Å². The van der Waals surface area contributed by atoms with Gasteiger partial charge in [0.05, 0.1) is 5.54 Å². The topological polar surface area (TPSA) is 15.7 Å². The zero-order chi connectivity index (χ0) is 21.8. The molecule has 0 aromatic heterocycles. The second-order valence-corrected chi connectivity index (χ2v) is 11.9. The first-order valence-electron chi connectivity index (χ1n) is 11.4. The van der Waals surface area contributed by atoms with Crippen LogP contribution in [0.3, 0.4) is 0 Å². The molecule has 2 aliphatic rings. The molecule has 2 atom stereocenters. The molecule has 164 valence electrons. The quantitative estimate of drug-likeness (QED) is 0.611. The fourth-order valence-electron chi connectivity index (χ4n) is 5.75. The van der Waals surface area contributed by atoms with Gasteiger partial charge in [0.15, 0.2) is 0 Å². The van der Waals surface area contributed by atoms with Crippen LogP contribution in [-0.4, -0.2) is 52.2 Å². The molecule has 1 aromatic rings. The molecule has 0 radical (unpaired) electrons. The summed E-state index contributed by atoms with van der Waals surface area (Å²) in [5, 5.41) is 0. The van der Waals surface area contributed by atoms with Crippen LogP contribution in [0.5, 0.6) is 5.75 Å². The van der Waals surface area contributed by atoms with Crippen LogP contribution in [0.25, 0.3) is 0 Å². The van der Waals surface area contributed by atoms with Gasteiger partial charge in [0.2, 0.25) is 0 Å². The Labute approximate surface area is 179 Å². The van der Waals surface area contributed by atoms with Crippen LogP contribution in [-0.2, 0) is 0 Å². The first kappa shape index (κ1) is 22.6. The van der Waals surface area contributed by atoms with Crippen molar-refractivity contribution < 1.29 is 4.74 Å². The first-order chi connectivity index (χ1) is 13.2. The molecule has 2 unspecified atom stereocenters. The van der Waals surface area contributed by atoms with E-state index in [4.69, 9.17) is 4.74 Å². The zero-order valence-corrected chi connectivity index (χ0v) is 20.6. The predicted molar refractivity (Wildman–Crippen MR) is 124 cm³/mol. The van der Waals surface area contributed by atoms with Gasteiger partial charge in [0, 0.05) is 22.5 Å². The summed E-state index contributed by atoms with van der Waals surface area (Å²) in [6, 6.07) is 9.00. The summed E-state index contributed by atoms with van der Waals surface area (Å²) in [6.45, 7) is 18.8. The van der Waals surface area contributed by atoms with E-state index in [0.29, 0.717) is 5.92 Å². The largest absolute Gasteiger partial charge is 0.489 e. The Morgan fingerprint density at radius 1 is 0.724 bits per heavy atom. The predicted octanol–water partition coefficient (Wildman–Crippen LogP) is 6.08. The highest BCUT2D eigenvalue weighted by molar-refractivity contribution is 5.32. The van der Waals surface area contributed by atoms with Crippen molar-refractivity contribution in [2.24, 2.45) is 0 Å². The number of benzene rings is 1. The fraction of sp³-hybridized carbons (Fsp3) is 0.769. The number of nitrogens with zero attached hydrogens (tertiary/aromatic N) is 2. The van der Waals surface area contributed by atoms with Gasteiger partial charge in [-0.3, -0.25) is 9.80 Å². The van der Waals surface area contributed by atoms with E-state index >= 15 is 0 Å². The highest BCUT2D eigenvalue weighted by Crippen LogP contribution is 2.46. The monoisotopic (exact) mass is 400 g/mol. The maximum atomic E-state index is 6.53. The number of hydrogen-bond donors (Lipinski definition) is 0. The number of likely N-dealkylation sites (tertiary alicyclic amines) is 2. The van der Waals surface area contributed by atoms with Gasteiger partial charge in [-0.2, -0.15) is 0 Å². The van der Waals surface area contributed by atoms with E-state index in [-0.39, 0.29) is 28.3 Å². The molecular formula is C26H44N2O. The summed E-state index contributed by atoms with van der Waals surface area (Å²) in [7, 11) is 4.52. The van der Waals surface area contributed by atoms with E-state index in [1.54, 1.807) is 0 Å². The lowest BCUT2D eigenvalue weighted by molar-refractivity contribution is -0.0783. The van der Waals surface area contributed by atoms with Crippen molar-refractivity contribution >= 4 is 0 Å². The average molecular weight is 401 g/mol. The van der Waals surface area contributed by atoms with E-state index < -0.39 is 0 Å². The Morgan fingerprint density at radius 3 is 1.76 bits per heavy atom. The second kappa shape index (κ2) is 7.27. The van der Waals surface area contributed by atoms with Gasteiger partial charge >= 0.3 is 0 Å². The molecular weight excluding hydrogens is 356 g/mol. The lowest BCUT2D eigenvalue weighted by atomic mass is 9.70. The highest BCUT2D eigenvalue weighted by atomic mass is 16.5. The van der Waals surface area contributed by atoms with Crippen LogP contribution in [0.1, 0.15) is 92.6 Å². The Hall–Kier alpha value is -1.06. The van der Waals surface area contributed by atoms with Crippen LogP contribution in [0, 0.1) is 0 Å². The minimum atomic E-state index is 0.0140. The maximum Gasteiger partial charge on any atom is 0.119 e. The van der Waals surface area contributed by atoms with Crippen molar-refractivity contribution in [3.05, 3.63) is 29.8 Å². The molecule has 2 aliphatic heterocycles. The molecule has 0 aliphatic carbocycles. The van der Waals surface area contributed by atoms with Crippen molar-refractivity contribution in [2.45, 2.75) is 115 Å². The summed E-state index contributed by atoms with van der Waals surface area (Å²) < 4.78 is 6.53. The third kappa shape index (κ3) is 3.97. The summed E-state index contributed by atoms with van der Waals surface area (Å²) in [6.07, 6.45) is 4.94. The lowest BCUT2D eigenvalue weighted by Crippen LogP contribution is -2.64. The van der Waals surface area contributed by atoms with Crippen LogP contribution in [0.4, 0.5) is 0 Å². The molecule has 0 N–H and O–H groups in total. The Balaban J connectivity index is 1.75. The van der Waals surface area contributed by atoms with Crippen molar-refractivity contribution in [2.75, 3.05) is 14.1 Å². The summed E-state index contributed by atoms with van der Waals surface area (Å²) in [4.78, 5) is 5.06. The van der Waals surface area contributed by atoms with Crippen molar-refractivity contribution in [3.63, 3.8) is 0 Å². The van der Waals surface area contributed by atoms with Gasteiger partial charge in [0.1, 0.15) is 11.9 Å². The Kier molecular flexibility index (Phi) is 5.67. The minimum Gasteiger partial charge on any atom is -0.489 e. The summed E-state index contributed by atoms with van der Waals surface area (Å²) in [5.74, 6) is 1.55. The number of hydrogen-bond acceptors (Lipinski definition) is 3. The smallest absolute Gasteiger partial charge is 0.119 e. The van der Waals surface area contributed by atoms with Crippen molar-refractivity contribution in [1.29, 1.82) is 0 Å². The molecule has 3 nitrogen and oxygen atoms in total. The molecule has 1 aromatic carbocycles. The average Bonchev–Trinajstić information content (AvgIpc) is 2.62. The summed E-state index contributed by atoms with van der Waals surface area (Å²) in [5.41, 5.74) is 2.07. The number of likely N-dealkylation sites (N-methyl/N-ethyl adjacent to an activating group) is 2. The number of piperidine rings is 2. The standard InChI is InChI=1S/C26H44N2O/c1-23(2)17-15-21(25(5,6)27(23)9)19-11-13-20(14-12-19)29-22-16-18-24(3,4)28(10)26(22,7)8/h11-14,21-22H,15-18H2,1-10H3. The second-order valence-electron chi connectivity index (χ2n) is 11.9. The third-order valence-electron chi connectivity index (χ3n) is 8.81. The van der Waals surface area contributed by atoms with E-state index in [0.717, 1.165) is 18.6 Å². The van der Waals surface area contributed by atoms with E-state index in [9.17, 15) is 0 Å². The maximum absolute atomic E-state index is 6.53. The van der Waals surface area contributed by atoms with Crippen molar-refractivity contribution in [1.82, 2.24) is 9.80 Å². The van der Waals surface area contributed by atoms with Gasteiger partial charge in [-0.15, -0.1) is 0 Å².